The number of hydrogen-bond donors (Lipinski definition) is 2. The van der Waals surface area contributed by atoms with Crippen LogP contribution in [-0.2, 0) is 0 Å². The summed E-state index contributed by atoms with van der Waals surface area (Å²) in [6.07, 6.45) is 1.42. The number of nitriles is 1. The molecule has 0 spiro atoms. The average Bonchev–Trinajstić information content (AvgIpc) is 2.46. The molecular weight excluding hydrogens is 162 g/mol. The van der Waals surface area contributed by atoms with Gasteiger partial charge in [0.25, 0.3) is 0 Å². The Labute approximate surface area is 75.8 Å². The number of amidine groups is 1. The van der Waals surface area contributed by atoms with Crippen molar-refractivity contribution in [2.75, 3.05) is 0 Å². The molecule has 0 amide bonds. The van der Waals surface area contributed by atoms with E-state index in [0.29, 0.717) is 11.5 Å². The minimum Gasteiger partial charge on any atom is -0.339 e. The van der Waals surface area contributed by atoms with Crippen molar-refractivity contribution in [3.05, 3.63) is 41.5 Å². The van der Waals surface area contributed by atoms with E-state index in [-0.39, 0.29) is 0 Å². The molecule has 1 aromatic carbocycles. The molecule has 1 aromatic rings. The highest BCUT2D eigenvalue weighted by Crippen LogP contribution is 2.23. The summed E-state index contributed by atoms with van der Waals surface area (Å²) < 4.78 is 0. The SMILES string of the molecule is N#C/C=C1/NC(=N)c2ccccc21. The second kappa shape index (κ2) is 2.76. The molecule has 0 saturated carbocycles. The van der Waals surface area contributed by atoms with Gasteiger partial charge in [0.1, 0.15) is 5.84 Å². The van der Waals surface area contributed by atoms with E-state index in [0.717, 1.165) is 11.1 Å². The predicted molar refractivity (Wildman–Crippen MR) is 50.0 cm³/mol. The number of allylic oxidation sites excluding steroid dienone is 1. The quantitative estimate of drug-likeness (QED) is 0.578. The van der Waals surface area contributed by atoms with Gasteiger partial charge in [-0.1, -0.05) is 24.3 Å². The third kappa shape index (κ3) is 1.09. The van der Waals surface area contributed by atoms with E-state index >= 15 is 0 Å². The Balaban J connectivity index is 2.61. The molecule has 0 unspecified atom stereocenters. The van der Waals surface area contributed by atoms with Crippen LogP contribution in [0.3, 0.4) is 0 Å². The lowest BCUT2D eigenvalue weighted by Gasteiger charge is -1.94. The maximum atomic E-state index is 8.50. The second-order valence-electron chi connectivity index (χ2n) is 2.73. The van der Waals surface area contributed by atoms with Crippen LogP contribution in [0.5, 0.6) is 0 Å². The zero-order valence-electron chi connectivity index (χ0n) is 6.83. The van der Waals surface area contributed by atoms with Gasteiger partial charge in [-0.15, -0.1) is 0 Å². The van der Waals surface area contributed by atoms with Crippen molar-refractivity contribution >= 4 is 11.5 Å². The standard InChI is InChI=1S/C10H7N3/c11-6-5-9-7-3-1-2-4-8(7)10(12)13-9/h1-5H,(H2,12,13)/b9-5+. The number of nitrogens with one attached hydrogen (secondary N) is 2. The molecule has 0 bridgehead atoms. The molecule has 0 aromatic heterocycles. The zero-order valence-corrected chi connectivity index (χ0v) is 6.83. The van der Waals surface area contributed by atoms with Gasteiger partial charge in [0, 0.05) is 17.2 Å². The van der Waals surface area contributed by atoms with Crippen LogP contribution in [0.4, 0.5) is 0 Å². The van der Waals surface area contributed by atoms with Crippen LogP contribution in [0, 0.1) is 16.7 Å². The van der Waals surface area contributed by atoms with Gasteiger partial charge in [-0.25, -0.2) is 0 Å². The van der Waals surface area contributed by atoms with E-state index in [9.17, 15) is 0 Å². The highest BCUT2D eigenvalue weighted by Gasteiger charge is 2.19. The van der Waals surface area contributed by atoms with Crippen LogP contribution in [0.2, 0.25) is 0 Å². The minimum absolute atomic E-state index is 0.358. The van der Waals surface area contributed by atoms with Gasteiger partial charge in [-0.05, 0) is 0 Å². The fourth-order valence-electron chi connectivity index (χ4n) is 1.38. The van der Waals surface area contributed by atoms with E-state index in [1.165, 1.54) is 6.08 Å². The lowest BCUT2D eigenvalue weighted by Crippen LogP contribution is -2.11. The van der Waals surface area contributed by atoms with Gasteiger partial charge < -0.3 is 5.32 Å². The molecule has 0 atom stereocenters. The Morgan fingerprint density at radius 2 is 2.00 bits per heavy atom. The number of fused-ring (bicyclic) bond motifs is 1. The Morgan fingerprint density at radius 1 is 1.31 bits per heavy atom. The maximum Gasteiger partial charge on any atom is 0.130 e. The smallest absolute Gasteiger partial charge is 0.130 e. The average molecular weight is 169 g/mol. The van der Waals surface area contributed by atoms with Crippen LogP contribution >= 0.6 is 0 Å². The Hall–Kier alpha value is -2.08. The molecule has 0 aliphatic carbocycles. The molecule has 2 rings (SSSR count). The fraction of sp³-hybridized carbons (Fsp3) is 0. The Morgan fingerprint density at radius 3 is 2.69 bits per heavy atom. The highest BCUT2D eigenvalue weighted by molar-refractivity contribution is 6.10. The first kappa shape index (κ1) is 7.56. The number of hydrogen-bond acceptors (Lipinski definition) is 2. The molecule has 1 heterocycles. The number of rotatable bonds is 0. The van der Waals surface area contributed by atoms with E-state index in [1.54, 1.807) is 0 Å². The van der Waals surface area contributed by atoms with Crippen LogP contribution < -0.4 is 5.32 Å². The van der Waals surface area contributed by atoms with Crippen LogP contribution in [0.15, 0.2) is 30.3 Å². The summed E-state index contributed by atoms with van der Waals surface area (Å²) in [5.41, 5.74) is 2.49. The van der Waals surface area contributed by atoms with E-state index in [2.05, 4.69) is 5.32 Å². The largest absolute Gasteiger partial charge is 0.339 e. The first-order chi connectivity index (χ1) is 6.33. The predicted octanol–water partition coefficient (Wildman–Crippen LogP) is 1.48. The first-order valence-corrected chi connectivity index (χ1v) is 3.88. The van der Waals surface area contributed by atoms with Gasteiger partial charge in [0.15, 0.2) is 0 Å². The number of benzene rings is 1. The van der Waals surface area contributed by atoms with Crippen molar-refractivity contribution in [3.8, 4) is 6.07 Å². The lowest BCUT2D eigenvalue weighted by atomic mass is 10.1. The normalized spacial score (nSPS) is 16.5. The highest BCUT2D eigenvalue weighted by atomic mass is 15.0. The topological polar surface area (TPSA) is 59.7 Å². The summed E-state index contributed by atoms with van der Waals surface area (Å²) in [6.45, 7) is 0. The van der Waals surface area contributed by atoms with Crippen LogP contribution in [0.1, 0.15) is 11.1 Å². The third-order valence-corrected chi connectivity index (χ3v) is 1.96. The van der Waals surface area contributed by atoms with Gasteiger partial charge >= 0.3 is 0 Å². The molecule has 1 aliphatic rings. The summed E-state index contributed by atoms with van der Waals surface area (Å²) in [6, 6.07) is 9.48. The molecule has 0 saturated heterocycles. The first-order valence-electron chi connectivity index (χ1n) is 3.88. The summed E-state index contributed by atoms with van der Waals surface area (Å²) in [4.78, 5) is 0. The van der Waals surface area contributed by atoms with Crippen molar-refractivity contribution in [1.29, 1.82) is 10.7 Å². The second-order valence-corrected chi connectivity index (χ2v) is 2.73. The van der Waals surface area contributed by atoms with Gasteiger partial charge in [-0.3, -0.25) is 5.41 Å². The third-order valence-electron chi connectivity index (χ3n) is 1.96. The monoisotopic (exact) mass is 169 g/mol. The molecule has 13 heavy (non-hydrogen) atoms. The zero-order chi connectivity index (χ0) is 9.26. The van der Waals surface area contributed by atoms with Crippen molar-refractivity contribution in [2.45, 2.75) is 0 Å². The van der Waals surface area contributed by atoms with Crippen molar-refractivity contribution in [1.82, 2.24) is 5.32 Å². The molecule has 3 nitrogen and oxygen atoms in total. The van der Waals surface area contributed by atoms with Crippen molar-refractivity contribution < 1.29 is 0 Å². The molecule has 62 valence electrons. The summed E-state index contributed by atoms with van der Waals surface area (Å²) in [7, 11) is 0. The van der Waals surface area contributed by atoms with Gasteiger partial charge in [-0.2, -0.15) is 5.26 Å². The Bertz CT molecular complexity index is 438. The minimum atomic E-state index is 0.358. The summed E-state index contributed by atoms with van der Waals surface area (Å²) in [5, 5.41) is 18.9. The van der Waals surface area contributed by atoms with E-state index in [4.69, 9.17) is 10.7 Å². The van der Waals surface area contributed by atoms with E-state index in [1.807, 2.05) is 30.3 Å². The van der Waals surface area contributed by atoms with Gasteiger partial charge in [0.2, 0.25) is 0 Å². The van der Waals surface area contributed by atoms with Gasteiger partial charge in [0.05, 0.1) is 11.8 Å². The Kier molecular flexibility index (Phi) is 1.60. The van der Waals surface area contributed by atoms with Crippen LogP contribution in [0.25, 0.3) is 5.70 Å². The van der Waals surface area contributed by atoms with Crippen LogP contribution in [-0.4, -0.2) is 5.84 Å². The molecular formula is C10H7N3. The fourth-order valence-corrected chi connectivity index (χ4v) is 1.38. The number of nitrogens with zero attached hydrogens (tertiary/aromatic N) is 1. The molecule has 1 aliphatic heterocycles. The van der Waals surface area contributed by atoms with Crippen molar-refractivity contribution in [2.24, 2.45) is 0 Å². The lowest BCUT2D eigenvalue weighted by molar-refractivity contribution is 1.30. The van der Waals surface area contributed by atoms with Crippen molar-refractivity contribution in [3.63, 3.8) is 0 Å². The van der Waals surface area contributed by atoms with E-state index < -0.39 is 0 Å². The molecule has 2 N–H and O–H groups in total. The summed E-state index contributed by atoms with van der Waals surface area (Å²) in [5.74, 6) is 0.358. The summed E-state index contributed by atoms with van der Waals surface area (Å²) >= 11 is 0. The maximum absolute atomic E-state index is 8.50. The molecule has 3 heteroatoms. The molecule has 0 radical (unpaired) electrons. The molecule has 0 fully saturated rings.